The van der Waals surface area contributed by atoms with Gasteiger partial charge in [-0.25, -0.2) is 0 Å². The highest BCUT2D eigenvalue weighted by Gasteiger charge is 2.15. The Bertz CT molecular complexity index is 213. The van der Waals surface area contributed by atoms with Gasteiger partial charge in [0.05, 0.1) is 6.10 Å². The molecule has 0 unspecified atom stereocenters. The van der Waals surface area contributed by atoms with Crippen molar-refractivity contribution in [3.05, 3.63) is 11.6 Å². The van der Waals surface area contributed by atoms with Gasteiger partial charge in [-0.3, -0.25) is 0 Å². The van der Waals surface area contributed by atoms with Crippen molar-refractivity contribution in [2.75, 3.05) is 19.6 Å². The smallest absolute Gasteiger partial charge is 0.0564 e. The molecule has 1 rings (SSSR count). The number of aliphatic hydroxyl groups excluding tert-OH is 1. The molecular formula is C15H29NO. The molecule has 0 aromatic heterocycles. The zero-order valence-electron chi connectivity index (χ0n) is 11.6. The molecule has 1 heterocycles. The highest BCUT2D eigenvalue weighted by molar-refractivity contribution is 4.92. The summed E-state index contributed by atoms with van der Waals surface area (Å²) in [4.78, 5) is 2.50. The van der Waals surface area contributed by atoms with E-state index in [9.17, 15) is 5.11 Å². The first-order valence-corrected chi connectivity index (χ1v) is 7.22. The van der Waals surface area contributed by atoms with Crippen LogP contribution in [-0.2, 0) is 0 Å². The molecule has 0 aliphatic carbocycles. The summed E-state index contributed by atoms with van der Waals surface area (Å²) in [5.74, 6) is 0. The molecule has 17 heavy (non-hydrogen) atoms. The molecule has 0 radical (unpaired) electrons. The maximum atomic E-state index is 9.41. The van der Waals surface area contributed by atoms with Crippen molar-refractivity contribution in [2.24, 2.45) is 0 Å². The van der Waals surface area contributed by atoms with Crippen LogP contribution in [0.1, 0.15) is 58.8 Å². The second-order valence-corrected chi connectivity index (χ2v) is 5.56. The molecule has 2 heteroatoms. The van der Waals surface area contributed by atoms with E-state index in [4.69, 9.17) is 0 Å². The van der Waals surface area contributed by atoms with Gasteiger partial charge in [0.15, 0.2) is 0 Å². The number of likely N-dealkylation sites (tertiary alicyclic amines) is 1. The molecule has 1 aliphatic rings. The minimum absolute atomic E-state index is 0.0321. The van der Waals surface area contributed by atoms with Crippen LogP contribution in [0.15, 0.2) is 11.6 Å². The second-order valence-electron chi connectivity index (χ2n) is 5.56. The van der Waals surface area contributed by atoms with E-state index in [1.807, 2.05) is 0 Å². The molecule has 0 aromatic rings. The Morgan fingerprint density at radius 1 is 1.12 bits per heavy atom. The summed E-state index contributed by atoms with van der Waals surface area (Å²) >= 11 is 0. The first kappa shape index (κ1) is 14.7. The fourth-order valence-corrected chi connectivity index (χ4v) is 2.37. The number of rotatable bonds is 7. The SMILES string of the molecule is CC(C)=CCCCCCCN1CCC(O)CC1. The number of aliphatic hydroxyl groups is 1. The summed E-state index contributed by atoms with van der Waals surface area (Å²) in [6.45, 7) is 7.77. The van der Waals surface area contributed by atoms with Crippen molar-refractivity contribution in [2.45, 2.75) is 64.9 Å². The predicted octanol–water partition coefficient (Wildman–Crippen LogP) is 3.36. The molecule has 0 spiro atoms. The van der Waals surface area contributed by atoms with Crippen LogP contribution in [-0.4, -0.2) is 35.7 Å². The van der Waals surface area contributed by atoms with Gasteiger partial charge in [0, 0.05) is 13.1 Å². The van der Waals surface area contributed by atoms with Crippen molar-refractivity contribution >= 4 is 0 Å². The summed E-state index contributed by atoms with van der Waals surface area (Å²) < 4.78 is 0. The zero-order chi connectivity index (χ0) is 12.5. The van der Waals surface area contributed by atoms with Gasteiger partial charge >= 0.3 is 0 Å². The minimum Gasteiger partial charge on any atom is -0.393 e. The molecule has 1 fully saturated rings. The van der Waals surface area contributed by atoms with Crippen LogP contribution in [0.2, 0.25) is 0 Å². The Morgan fingerprint density at radius 3 is 2.41 bits per heavy atom. The van der Waals surface area contributed by atoms with Crippen molar-refractivity contribution in [1.82, 2.24) is 4.90 Å². The summed E-state index contributed by atoms with van der Waals surface area (Å²) in [5, 5.41) is 9.41. The van der Waals surface area contributed by atoms with Gasteiger partial charge in [0.25, 0.3) is 0 Å². The lowest BCUT2D eigenvalue weighted by Crippen LogP contribution is -2.36. The van der Waals surface area contributed by atoms with Gasteiger partial charge in [0.2, 0.25) is 0 Å². The average molecular weight is 239 g/mol. The van der Waals surface area contributed by atoms with E-state index in [0.29, 0.717) is 0 Å². The Hall–Kier alpha value is -0.340. The largest absolute Gasteiger partial charge is 0.393 e. The highest BCUT2D eigenvalue weighted by atomic mass is 16.3. The van der Waals surface area contributed by atoms with Gasteiger partial charge in [-0.1, -0.05) is 24.5 Å². The maximum absolute atomic E-state index is 9.41. The van der Waals surface area contributed by atoms with Gasteiger partial charge in [0.1, 0.15) is 0 Å². The first-order chi connectivity index (χ1) is 8.18. The molecule has 0 amide bonds. The Kier molecular flexibility index (Phi) is 7.54. The number of allylic oxidation sites excluding steroid dienone is 2. The van der Waals surface area contributed by atoms with Crippen LogP contribution in [0.3, 0.4) is 0 Å². The number of hydrogen-bond acceptors (Lipinski definition) is 2. The van der Waals surface area contributed by atoms with Crippen molar-refractivity contribution in [3.63, 3.8) is 0 Å². The van der Waals surface area contributed by atoms with Crippen molar-refractivity contribution < 1.29 is 5.11 Å². The number of unbranched alkanes of at least 4 members (excludes halogenated alkanes) is 4. The molecular weight excluding hydrogens is 210 g/mol. The maximum Gasteiger partial charge on any atom is 0.0564 e. The lowest BCUT2D eigenvalue weighted by molar-refractivity contribution is 0.0817. The quantitative estimate of drug-likeness (QED) is 0.544. The van der Waals surface area contributed by atoms with Crippen LogP contribution >= 0.6 is 0 Å². The van der Waals surface area contributed by atoms with Crippen LogP contribution in [0, 0.1) is 0 Å². The molecule has 1 aliphatic heterocycles. The third kappa shape index (κ3) is 7.56. The number of hydrogen-bond donors (Lipinski definition) is 1. The standard InChI is InChI=1S/C15H29NO/c1-14(2)8-6-4-3-5-7-11-16-12-9-15(17)10-13-16/h8,15,17H,3-7,9-13H2,1-2H3. The van der Waals surface area contributed by atoms with Crippen molar-refractivity contribution in [1.29, 1.82) is 0 Å². The Morgan fingerprint density at radius 2 is 1.76 bits per heavy atom. The highest BCUT2D eigenvalue weighted by Crippen LogP contribution is 2.12. The van der Waals surface area contributed by atoms with E-state index in [-0.39, 0.29) is 6.10 Å². The summed E-state index contributed by atoms with van der Waals surface area (Å²) in [6.07, 6.45) is 10.9. The third-order valence-electron chi connectivity index (χ3n) is 3.54. The average Bonchev–Trinajstić information content (AvgIpc) is 2.30. The molecule has 0 atom stereocenters. The number of nitrogens with zero attached hydrogens (tertiary/aromatic N) is 1. The Balaban J connectivity index is 1.89. The van der Waals surface area contributed by atoms with Crippen LogP contribution in [0.5, 0.6) is 0 Å². The molecule has 1 saturated heterocycles. The predicted molar refractivity (Wildman–Crippen MR) is 74.2 cm³/mol. The minimum atomic E-state index is -0.0321. The number of piperidine rings is 1. The van der Waals surface area contributed by atoms with Gasteiger partial charge in [-0.2, -0.15) is 0 Å². The fourth-order valence-electron chi connectivity index (χ4n) is 2.37. The molecule has 1 N–H and O–H groups in total. The summed E-state index contributed by atoms with van der Waals surface area (Å²) in [7, 11) is 0. The first-order valence-electron chi connectivity index (χ1n) is 7.22. The molecule has 0 saturated carbocycles. The molecule has 2 nitrogen and oxygen atoms in total. The van der Waals surface area contributed by atoms with E-state index >= 15 is 0 Å². The van der Waals surface area contributed by atoms with E-state index in [2.05, 4.69) is 24.8 Å². The molecule has 100 valence electrons. The molecule has 0 aromatic carbocycles. The summed E-state index contributed by atoms with van der Waals surface area (Å²) in [6, 6.07) is 0. The van der Waals surface area contributed by atoms with Crippen LogP contribution < -0.4 is 0 Å². The fraction of sp³-hybridized carbons (Fsp3) is 0.867. The Labute approximate surface area is 107 Å². The summed E-state index contributed by atoms with van der Waals surface area (Å²) in [5.41, 5.74) is 1.44. The lowest BCUT2D eigenvalue weighted by Gasteiger charge is -2.29. The van der Waals surface area contributed by atoms with Gasteiger partial charge in [-0.15, -0.1) is 0 Å². The monoisotopic (exact) mass is 239 g/mol. The van der Waals surface area contributed by atoms with Crippen LogP contribution in [0.4, 0.5) is 0 Å². The lowest BCUT2D eigenvalue weighted by atomic mass is 10.1. The molecule has 0 bridgehead atoms. The normalized spacial score (nSPS) is 18.3. The van der Waals surface area contributed by atoms with Crippen molar-refractivity contribution in [3.8, 4) is 0 Å². The third-order valence-corrected chi connectivity index (χ3v) is 3.54. The zero-order valence-corrected chi connectivity index (χ0v) is 11.6. The van der Waals surface area contributed by atoms with E-state index in [1.165, 1.54) is 44.2 Å². The van der Waals surface area contributed by atoms with Gasteiger partial charge < -0.3 is 10.0 Å². The topological polar surface area (TPSA) is 23.5 Å². The second kappa shape index (κ2) is 8.71. The van der Waals surface area contributed by atoms with E-state index in [1.54, 1.807) is 0 Å². The van der Waals surface area contributed by atoms with E-state index in [0.717, 1.165) is 25.9 Å². The van der Waals surface area contributed by atoms with E-state index < -0.39 is 0 Å². The van der Waals surface area contributed by atoms with Crippen LogP contribution in [0.25, 0.3) is 0 Å². The van der Waals surface area contributed by atoms with Gasteiger partial charge in [-0.05, 0) is 52.5 Å².